The third kappa shape index (κ3) is 3.86. The van der Waals surface area contributed by atoms with Crippen molar-refractivity contribution in [1.29, 1.82) is 0 Å². The molecule has 0 bridgehead atoms. The molecule has 0 unspecified atom stereocenters. The summed E-state index contributed by atoms with van der Waals surface area (Å²) >= 11 is 0. The number of benzene rings is 2. The van der Waals surface area contributed by atoms with Crippen molar-refractivity contribution in [2.24, 2.45) is 0 Å². The molecule has 0 saturated heterocycles. The Kier molecular flexibility index (Phi) is 5.66. The summed E-state index contributed by atoms with van der Waals surface area (Å²) in [4.78, 5) is 2.15. The van der Waals surface area contributed by atoms with Crippen molar-refractivity contribution in [3.05, 3.63) is 60.7 Å². The van der Waals surface area contributed by atoms with E-state index >= 15 is 0 Å². The molecule has 0 heterocycles. The fourth-order valence-corrected chi connectivity index (χ4v) is 3.67. The van der Waals surface area contributed by atoms with Crippen molar-refractivity contribution in [1.82, 2.24) is 4.90 Å². The van der Waals surface area contributed by atoms with E-state index in [9.17, 15) is 0 Å². The molecule has 0 amide bonds. The van der Waals surface area contributed by atoms with Gasteiger partial charge in [0.15, 0.2) is 0 Å². The van der Waals surface area contributed by atoms with Gasteiger partial charge in [-0.1, -0.05) is 60.7 Å². The van der Waals surface area contributed by atoms with Gasteiger partial charge in [-0.2, -0.15) is 0 Å². The molecule has 102 valence electrons. The van der Waals surface area contributed by atoms with Crippen LogP contribution in [-0.2, 0) is 0 Å². The number of rotatable bonds is 4. The maximum absolute atomic E-state index is 3.50. The molecule has 2 heteroatoms. The van der Waals surface area contributed by atoms with Crippen LogP contribution in [0.1, 0.15) is 13.8 Å². The van der Waals surface area contributed by atoms with E-state index in [4.69, 9.17) is 0 Å². The molecule has 0 aliphatic heterocycles. The second kappa shape index (κ2) is 7.73. The van der Waals surface area contributed by atoms with Gasteiger partial charge in [-0.25, -0.2) is 0 Å². The number of hydrogen-bond acceptors (Lipinski definition) is 1. The molecule has 0 aliphatic carbocycles. The van der Waals surface area contributed by atoms with Crippen LogP contribution < -0.4 is 10.6 Å². The first-order valence-electron chi connectivity index (χ1n) is 7.01. The fourth-order valence-electron chi connectivity index (χ4n) is 1.93. The normalized spacial score (nSPS) is 9.95. The van der Waals surface area contributed by atoms with E-state index in [0.717, 1.165) is 13.1 Å². The maximum atomic E-state index is 3.50. The Morgan fingerprint density at radius 1 is 0.800 bits per heavy atom. The molecule has 2 aromatic rings. The minimum absolute atomic E-state index is 0.598. The molecule has 1 nitrogen and oxygen atoms in total. The monoisotopic (exact) mass is 281 g/mol. The first kappa shape index (κ1) is 14.6. The van der Waals surface area contributed by atoms with Crippen LogP contribution in [0.15, 0.2) is 60.7 Å². The van der Waals surface area contributed by atoms with E-state index in [1.54, 1.807) is 0 Å². The summed E-state index contributed by atoms with van der Waals surface area (Å²) in [7, 11) is -0.598. The van der Waals surface area contributed by atoms with Crippen LogP contribution in [0.25, 0.3) is 0 Å². The van der Waals surface area contributed by atoms with E-state index in [1.165, 1.54) is 10.6 Å². The van der Waals surface area contributed by atoms with Crippen molar-refractivity contribution < 1.29 is 0 Å². The molecule has 0 saturated carbocycles. The molecule has 20 heavy (non-hydrogen) atoms. The van der Waals surface area contributed by atoms with Crippen molar-refractivity contribution in [2.45, 2.75) is 13.8 Å². The highest BCUT2D eigenvalue weighted by Gasteiger charge is 2.10. The minimum Gasteiger partial charge on any atom is -0.333 e. The van der Waals surface area contributed by atoms with Gasteiger partial charge in [0.25, 0.3) is 0 Å². The molecule has 2 aromatic carbocycles. The minimum atomic E-state index is -0.598. The molecule has 0 spiro atoms. The maximum Gasteiger partial charge on any atom is 0.0364 e. The molecule has 2 rings (SSSR count). The zero-order chi connectivity index (χ0) is 14.2. The lowest BCUT2D eigenvalue weighted by Gasteiger charge is -2.14. The highest BCUT2D eigenvalue weighted by Crippen LogP contribution is 2.31. The SMILES string of the molecule is CCN(C#CP(c1ccccc1)c1ccccc1)CC. The molecule has 0 fully saturated rings. The van der Waals surface area contributed by atoms with Crippen LogP contribution in [0.5, 0.6) is 0 Å². The predicted octanol–water partition coefficient (Wildman–Crippen LogP) is 3.38. The van der Waals surface area contributed by atoms with Crippen molar-refractivity contribution >= 4 is 18.5 Å². The smallest absolute Gasteiger partial charge is 0.0364 e. The second-order valence-electron chi connectivity index (χ2n) is 4.40. The van der Waals surface area contributed by atoms with Gasteiger partial charge in [0.05, 0.1) is 0 Å². The third-order valence-corrected chi connectivity index (χ3v) is 5.06. The Morgan fingerprint density at radius 2 is 1.25 bits per heavy atom. The van der Waals surface area contributed by atoms with Gasteiger partial charge in [-0.3, -0.25) is 0 Å². The van der Waals surface area contributed by atoms with Gasteiger partial charge >= 0.3 is 0 Å². The highest BCUT2D eigenvalue weighted by molar-refractivity contribution is 7.77. The van der Waals surface area contributed by atoms with Gasteiger partial charge in [-0.15, -0.1) is 0 Å². The largest absolute Gasteiger partial charge is 0.333 e. The summed E-state index contributed by atoms with van der Waals surface area (Å²) in [5.41, 5.74) is 3.50. The summed E-state index contributed by atoms with van der Waals surface area (Å²) in [6.45, 7) is 6.23. The zero-order valence-electron chi connectivity index (χ0n) is 12.1. The van der Waals surface area contributed by atoms with Crippen molar-refractivity contribution in [2.75, 3.05) is 13.1 Å². The number of nitrogens with zero attached hydrogens (tertiary/aromatic N) is 1. The molecule has 0 aliphatic rings. The zero-order valence-corrected chi connectivity index (χ0v) is 13.0. The summed E-state index contributed by atoms with van der Waals surface area (Å²) in [6.07, 6.45) is 0. The lowest BCUT2D eigenvalue weighted by Crippen LogP contribution is -2.17. The average Bonchev–Trinajstić information content (AvgIpc) is 2.53. The Morgan fingerprint density at radius 3 is 1.65 bits per heavy atom. The van der Waals surface area contributed by atoms with E-state index in [0.29, 0.717) is 0 Å². The quantitative estimate of drug-likeness (QED) is 0.472. The van der Waals surface area contributed by atoms with Crippen LogP contribution in [0, 0.1) is 11.7 Å². The average molecular weight is 281 g/mol. The van der Waals surface area contributed by atoms with Crippen LogP contribution in [0.4, 0.5) is 0 Å². The van der Waals surface area contributed by atoms with Crippen LogP contribution in [0.3, 0.4) is 0 Å². The lowest BCUT2D eigenvalue weighted by atomic mass is 10.4. The van der Waals surface area contributed by atoms with Crippen LogP contribution in [0.2, 0.25) is 0 Å². The standard InChI is InChI=1S/C18H20NP/c1-3-19(4-2)15-16-20(17-11-7-5-8-12-17)18-13-9-6-10-14-18/h5-14H,3-4H2,1-2H3. The fraction of sp³-hybridized carbons (Fsp3) is 0.222. The summed E-state index contributed by atoms with van der Waals surface area (Å²) in [5, 5.41) is 2.63. The molecular weight excluding hydrogens is 261 g/mol. The molecule has 0 N–H and O–H groups in total. The summed E-state index contributed by atoms with van der Waals surface area (Å²) < 4.78 is 0. The van der Waals surface area contributed by atoms with Gasteiger partial charge in [0.2, 0.25) is 0 Å². The Hall–Kier alpha value is -1.77. The summed E-state index contributed by atoms with van der Waals surface area (Å²) in [5.74, 6) is 0. The van der Waals surface area contributed by atoms with Crippen LogP contribution >= 0.6 is 7.92 Å². The second-order valence-corrected chi connectivity index (χ2v) is 6.33. The lowest BCUT2D eigenvalue weighted by molar-refractivity contribution is 0.444. The van der Waals surface area contributed by atoms with Gasteiger partial charge in [-0.05, 0) is 30.1 Å². The Balaban J connectivity index is 2.35. The van der Waals surface area contributed by atoms with Gasteiger partial charge < -0.3 is 4.90 Å². The van der Waals surface area contributed by atoms with Crippen molar-refractivity contribution in [3.63, 3.8) is 0 Å². The molecule has 0 atom stereocenters. The molecule has 0 radical (unpaired) electrons. The Bertz CT molecular complexity index is 525. The number of hydrogen-bond donors (Lipinski definition) is 0. The molecule has 0 aromatic heterocycles. The Labute approximate surface area is 123 Å². The highest BCUT2D eigenvalue weighted by atomic mass is 31.1. The first-order chi connectivity index (χ1) is 9.85. The third-order valence-electron chi connectivity index (χ3n) is 3.11. The van der Waals surface area contributed by atoms with Crippen LogP contribution in [-0.4, -0.2) is 18.0 Å². The molecular formula is C18H20NP. The first-order valence-corrected chi connectivity index (χ1v) is 8.35. The predicted molar refractivity (Wildman–Crippen MR) is 89.8 cm³/mol. The van der Waals surface area contributed by atoms with E-state index < -0.39 is 7.92 Å². The van der Waals surface area contributed by atoms with Gasteiger partial charge in [0, 0.05) is 27.1 Å². The van der Waals surface area contributed by atoms with E-state index in [1.807, 2.05) is 0 Å². The van der Waals surface area contributed by atoms with E-state index in [-0.39, 0.29) is 0 Å². The van der Waals surface area contributed by atoms with E-state index in [2.05, 4.69) is 91.1 Å². The van der Waals surface area contributed by atoms with Gasteiger partial charge in [0.1, 0.15) is 0 Å². The topological polar surface area (TPSA) is 3.24 Å². The van der Waals surface area contributed by atoms with Crippen molar-refractivity contribution in [3.8, 4) is 11.7 Å². The summed E-state index contributed by atoms with van der Waals surface area (Å²) in [6, 6.07) is 24.5.